The van der Waals surface area contributed by atoms with Gasteiger partial charge in [-0.25, -0.2) is 4.98 Å². The third-order valence-electron chi connectivity index (χ3n) is 5.65. The van der Waals surface area contributed by atoms with Gasteiger partial charge < -0.3 is 19.9 Å². The van der Waals surface area contributed by atoms with E-state index in [4.69, 9.17) is 26.1 Å². The van der Waals surface area contributed by atoms with Crippen molar-refractivity contribution < 1.29 is 14.6 Å². The van der Waals surface area contributed by atoms with E-state index in [1.807, 2.05) is 18.2 Å². The van der Waals surface area contributed by atoms with Crippen LogP contribution in [0.5, 0.6) is 0 Å². The number of anilines is 1. The van der Waals surface area contributed by atoms with Crippen molar-refractivity contribution in [2.24, 2.45) is 5.92 Å². The summed E-state index contributed by atoms with van der Waals surface area (Å²) >= 11 is 6.45. The molecule has 0 aromatic carbocycles. The molecule has 7 heteroatoms. The lowest BCUT2D eigenvalue weighted by atomic mass is 9.84. The Morgan fingerprint density at radius 1 is 1.17 bits per heavy atom. The molecule has 2 N–H and O–H groups in total. The Hall–Kier alpha value is -1.73. The molecule has 2 aromatic rings. The van der Waals surface area contributed by atoms with Crippen LogP contribution in [0.3, 0.4) is 0 Å². The summed E-state index contributed by atoms with van der Waals surface area (Å²) in [6, 6.07) is 7.93. The number of halogens is 1. The average Bonchev–Trinajstić information content (AvgIpc) is 2.76. The van der Waals surface area contributed by atoms with Crippen LogP contribution in [0.4, 0.5) is 5.82 Å². The Kier molecular flexibility index (Phi) is 6.98. The SMILES string of the molecule is OC1CCC(Cc2cc(-c3cccc(NCC4COCCO4)n3)c(Cl)cn2)CC1. The summed E-state index contributed by atoms with van der Waals surface area (Å²) in [4.78, 5) is 9.26. The number of nitrogens with one attached hydrogen (secondary N) is 1. The third-order valence-corrected chi connectivity index (χ3v) is 5.95. The van der Waals surface area contributed by atoms with Crippen LogP contribution in [-0.2, 0) is 15.9 Å². The molecular formula is C22H28ClN3O3. The fourth-order valence-electron chi connectivity index (χ4n) is 3.99. The Balaban J connectivity index is 1.44. The summed E-state index contributed by atoms with van der Waals surface area (Å²) in [5.74, 6) is 1.35. The fourth-order valence-corrected chi connectivity index (χ4v) is 4.19. The van der Waals surface area contributed by atoms with Crippen molar-refractivity contribution >= 4 is 17.4 Å². The predicted molar refractivity (Wildman–Crippen MR) is 113 cm³/mol. The molecule has 6 nitrogen and oxygen atoms in total. The monoisotopic (exact) mass is 417 g/mol. The van der Waals surface area contributed by atoms with Gasteiger partial charge in [-0.2, -0.15) is 0 Å². The van der Waals surface area contributed by atoms with Gasteiger partial charge in [-0.05, 0) is 56.2 Å². The minimum atomic E-state index is -0.134. The van der Waals surface area contributed by atoms with E-state index in [0.29, 0.717) is 37.3 Å². The highest BCUT2D eigenvalue weighted by Gasteiger charge is 2.21. The van der Waals surface area contributed by atoms with Gasteiger partial charge in [0.1, 0.15) is 5.82 Å². The Morgan fingerprint density at radius 2 is 2.03 bits per heavy atom. The highest BCUT2D eigenvalue weighted by atomic mass is 35.5. The predicted octanol–water partition coefficient (Wildman–Crippen LogP) is 3.72. The molecule has 3 heterocycles. The zero-order chi connectivity index (χ0) is 20.1. The lowest BCUT2D eigenvalue weighted by molar-refractivity contribution is -0.0819. The number of aliphatic hydroxyl groups excluding tert-OH is 1. The van der Waals surface area contributed by atoms with Gasteiger partial charge >= 0.3 is 0 Å². The van der Waals surface area contributed by atoms with Gasteiger partial charge in [-0.15, -0.1) is 0 Å². The molecule has 0 spiro atoms. The van der Waals surface area contributed by atoms with E-state index in [0.717, 1.165) is 54.9 Å². The van der Waals surface area contributed by atoms with E-state index >= 15 is 0 Å². The third kappa shape index (κ3) is 5.66. The van der Waals surface area contributed by atoms with E-state index in [2.05, 4.69) is 16.4 Å². The van der Waals surface area contributed by atoms with Gasteiger partial charge in [0, 0.05) is 24.0 Å². The van der Waals surface area contributed by atoms with Crippen LogP contribution in [-0.4, -0.2) is 53.6 Å². The van der Waals surface area contributed by atoms with Crippen LogP contribution in [0, 0.1) is 5.92 Å². The molecule has 1 aliphatic heterocycles. The highest BCUT2D eigenvalue weighted by Crippen LogP contribution is 2.31. The van der Waals surface area contributed by atoms with Gasteiger partial charge in [-0.1, -0.05) is 17.7 Å². The summed E-state index contributed by atoms with van der Waals surface area (Å²) in [6.45, 7) is 2.55. The molecule has 1 saturated heterocycles. The Labute approximate surface area is 176 Å². The number of pyridine rings is 2. The zero-order valence-electron chi connectivity index (χ0n) is 16.5. The van der Waals surface area contributed by atoms with Crippen LogP contribution in [0.25, 0.3) is 11.3 Å². The molecule has 1 atom stereocenters. The summed E-state index contributed by atoms with van der Waals surface area (Å²) < 4.78 is 11.1. The largest absolute Gasteiger partial charge is 0.393 e. The van der Waals surface area contributed by atoms with Gasteiger partial charge in [0.05, 0.1) is 42.7 Å². The number of ether oxygens (including phenoxy) is 2. The van der Waals surface area contributed by atoms with Crippen molar-refractivity contribution in [2.75, 3.05) is 31.7 Å². The number of aromatic nitrogens is 2. The van der Waals surface area contributed by atoms with Crippen LogP contribution in [0.1, 0.15) is 31.4 Å². The molecule has 2 fully saturated rings. The summed E-state index contributed by atoms with van der Waals surface area (Å²) in [5.41, 5.74) is 2.75. The van der Waals surface area contributed by atoms with Gasteiger partial charge in [0.2, 0.25) is 0 Å². The molecule has 1 unspecified atom stereocenters. The van der Waals surface area contributed by atoms with Crippen LogP contribution in [0.2, 0.25) is 5.02 Å². The van der Waals surface area contributed by atoms with E-state index in [1.54, 1.807) is 6.20 Å². The second-order valence-electron chi connectivity index (χ2n) is 7.89. The van der Waals surface area contributed by atoms with Crippen molar-refractivity contribution in [3.05, 3.63) is 41.2 Å². The first-order valence-electron chi connectivity index (χ1n) is 10.4. The number of hydrogen-bond donors (Lipinski definition) is 2. The van der Waals surface area contributed by atoms with Crippen LogP contribution >= 0.6 is 11.6 Å². The Bertz CT molecular complexity index is 806. The number of rotatable bonds is 6. The summed E-state index contributed by atoms with van der Waals surface area (Å²) in [6.07, 6.45) is 6.40. The molecule has 2 aliphatic rings. The molecule has 156 valence electrons. The number of nitrogens with zero attached hydrogens (tertiary/aromatic N) is 2. The first kappa shape index (κ1) is 20.5. The smallest absolute Gasteiger partial charge is 0.126 e. The van der Waals surface area contributed by atoms with Gasteiger partial charge in [-0.3, -0.25) is 4.98 Å². The Morgan fingerprint density at radius 3 is 2.83 bits per heavy atom. The molecule has 1 saturated carbocycles. The average molecular weight is 418 g/mol. The topological polar surface area (TPSA) is 76.5 Å². The van der Waals surface area contributed by atoms with Gasteiger partial charge in [0.15, 0.2) is 0 Å². The maximum atomic E-state index is 9.71. The quantitative estimate of drug-likeness (QED) is 0.746. The molecule has 29 heavy (non-hydrogen) atoms. The molecule has 1 aliphatic carbocycles. The number of hydrogen-bond acceptors (Lipinski definition) is 6. The second-order valence-corrected chi connectivity index (χ2v) is 8.30. The zero-order valence-corrected chi connectivity index (χ0v) is 17.3. The van der Waals surface area contributed by atoms with Crippen molar-refractivity contribution in [2.45, 2.75) is 44.3 Å². The second kappa shape index (κ2) is 9.85. The standard InChI is InChI=1S/C22H28ClN3O3/c23-20-13-24-16(10-15-4-6-17(27)7-5-15)11-19(20)21-2-1-3-22(26-21)25-12-18-14-28-8-9-29-18/h1-3,11,13,15,17-18,27H,4-10,12,14H2,(H,25,26). The van der Waals surface area contributed by atoms with Gasteiger partial charge in [0.25, 0.3) is 0 Å². The maximum Gasteiger partial charge on any atom is 0.126 e. The molecule has 2 aromatic heterocycles. The summed E-state index contributed by atoms with van der Waals surface area (Å²) in [5, 5.41) is 13.6. The first-order chi connectivity index (χ1) is 14.2. The lowest BCUT2D eigenvalue weighted by Gasteiger charge is -2.25. The van der Waals surface area contributed by atoms with Crippen LogP contribution in [0.15, 0.2) is 30.5 Å². The van der Waals surface area contributed by atoms with Crippen LogP contribution < -0.4 is 5.32 Å². The summed E-state index contributed by atoms with van der Waals surface area (Å²) in [7, 11) is 0. The molecular weight excluding hydrogens is 390 g/mol. The van der Waals surface area contributed by atoms with E-state index in [9.17, 15) is 5.11 Å². The van der Waals surface area contributed by atoms with Crippen molar-refractivity contribution in [3.63, 3.8) is 0 Å². The maximum absolute atomic E-state index is 9.71. The molecule has 0 amide bonds. The number of aliphatic hydroxyl groups is 1. The highest BCUT2D eigenvalue weighted by molar-refractivity contribution is 6.33. The molecule has 0 radical (unpaired) electrons. The molecule has 0 bridgehead atoms. The van der Waals surface area contributed by atoms with Crippen molar-refractivity contribution in [3.8, 4) is 11.3 Å². The minimum Gasteiger partial charge on any atom is -0.393 e. The normalized spacial score (nSPS) is 25.0. The van der Waals surface area contributed by atoms with Crippen molar-refractivity contribution in [1.82, 2.24) is 9.97 Å². The van der Waals surface area contributed by atoms with E-state index in [-0.39, 0.29) is 12.2 Å². The van der Waals surface area contributed by atoms with Crippen molar-refractivity contribution in [1.29, 1.82) is 0 Å². The first-order valence-corrected chi connectivity index (χ1v) is 10.8. The van der Waals surface area contributed by atoms with E-state index in [1.165, 1.54) is 0 Å². The lowest BCUT2D eigenvalue weighted by Crippen LogP contribution is -2.34. The fraction of sp³-hybridized carbons (Fsp3) is 0.545. The molecule has 4 rings (SSSR count). The minimum absolute atomic E-state index is 0.0410. The van der Waals surface area contributed by atoms with E-state index < -0.39 is 0 Å².